The molecule has 20 heavy (non-hydrogen) atoms. The van der Waals surface area contributed by atoms with E-state index in [1.54, 1.807) is 11.3 Å². The van der Waals surface area contributed by atoms with Crippen LogP contribution in [-0.2, 0) is 11.4 Å². The summed E-state index contributed by atoms with van der Waals surface area (Å²) >= 11 is 4.03. The average Bonchev–Trinajstić information content (AvgIpc) is 2.82. The lowest BCUT2D eigenvalue weighted by atomic mass is 10.1. The van der Waals surface area contributed by atoms with E-state index in [4.69, 9.17) is 0 Å². The molecule has 1 N–H and O–H groups in total. The van der Waals surface area contributed by atoms with Crippen LogP contribution in [-0.4, -0.2) is 9.30 Å². The fourth-order valence-corrected chi connectivity index (χ4v) is 4.13. The Bertz CT molecular complexity index is 551. The first-order valence-electron chi connectivity index (χ1n) is 6.35. The first-order valence-corrected chi connectivity index (χ1v) is 9.17. The van der Waals surface area contributed by atoms with Gasteiger partial charge in [-0.25, -0.2) is 0 Å². The molecule has 0 aliphatic heterocycles. The van der Waals surface area contributed by atoms with E-state index in [-0.39, 0.29) is 10.8 Å². The lowest BCUT2D eigenvalue weighted by Gasteiger charge is -2.27. The van der Waals surface area contributed by atoms with Crippen LogP contribution < -0.4 is 4.72 Å². The van der Waals surface area contributed by atoms with Gasteiger partial charge in [-0.15, -0.1) is 16.1 Å². The van der Waals surface area contributed by atoms with Crippen molar-refractivity contribution in [2.24, 2.45) is 0 Å². The first-order chi connectivity index (χ1) is 9.38. The molecular formula is C15H18BrNOS2. The maximum absolute atomic E-state index is 12.4. The Kier molecular flexibility index (Phi) is 5.31. The SMILES string of the molecule is CC(C)(C)[S@@+]([O-])NC(c1ccccc1)c1cc(Br)cs1. The second kappa shape index (κ2) is 6.62. The Hall–Kier alpha value is -0.330. The van der Waals surface area contributed by atoms with Gasteiger partial charge in [0.05, 0.1) is 0 Å². The summed E-state index contributed by atoms with van der Waals surface area (Å²) in [4.78, 5) is 1.15. The molecule has 2 nitrogen and oxygen atoms in total. The number of hydrogen-bond donors (Lipinski definition) is 1. The number of benzene rings is 1. The summed E-state index contributed by atoms with van der Waals surface area (Å²) < 4.78 is 16.5. The molecule has 5 heteroatoms. The van der Waals surface area contributed by atoms with Crippen LogP contribution in [0.3, 0.4) is 0 Å². The summed E-state index contributed by atoms with van der Waals surface area (Å²) in [5.74, 6) is 0. The largest absolute Gasteiger partial charge is 0.598 e. The highest BCUT2D eigenvalue weighted by atomic mass is 79.9. The van der Waals surface area contributed by atoms with Crippen molar-refractivity contribution in [3.63, 3.8) is 0 Å². The summed E-state index contributed by atoms with van der Waals surface area (Å²) in [6.45, 7) is 5.92. The standard InChI is InChI=1S/C15H18BrNOS2/c1-15(2,3)20(18)17-14(11-7-5-4-6-8-11)13-9-12(16)10-19-13/h4-10,14,17H,1-3H3/t14?,20-/m1/s1. The van der Waals surface area contributed by atoms with Crippen LogP contribution in [0.5, 0.6) is 0 Å². The average molecular weight is 372 g/mol. The highest BCUT2D eigenvalue weighted by Gasteiger charge is 2.31. The normalized spacial score (nSPS) is 15.1. The minimum absolute atomic E-state index is 0.0486. The molecule has 0 amide bonds. The molecule has 0 saturated heterocycles. The van der Waals surface area contributed by atoms with Crippen molar-refractivity contribution in [1.29, 1.82) is 0 Å². The Balaban J connectivity index is 2.30. The molecule has 1 heterocycles. The van der Waals surface area contributed by atoms with E-state index in [0.29, 0.717) is 0 Å². The van der Waals surface area contributed by atoms with Crippen molar-refractivity contribution >= 4 is 38.6 Å². The van der Waals surface area contributed by atoms with Crippen LogP contribution in [0.15, 0.2) is 46.3 Å². The maximum atomic E-state index is 12.4. The molecule has 0 saturated carbocycles. The zero-order chi connectivity index (χ0) is 14.8. The highest BCUT2D eigenvalue weighted by Crippen LogP contribution is 2.31. The predicted molar refractivity (Wildman–Crippen MR) is 91.3 cm³/mol. The van der Waals surface area contributed by atoms with Crippen molar-refractivity contribution in [1.82, 2.24) is 4.72 Å². The minimum Gasteiger partial charge on any atom is -0.598 e. The van der Waals surface area contributed by atoms with E-state index < -0.39 is 11.4 Å². The van der Waals surface area contributed by atoms with Crippen molar-refractivity contribution in [3.8, 4) is 0 Å². The van der Waals surface area contributed by atoms with Gasteiger partial charge >= 0.3 is 0 Å². The Labute approximate surface area is 136 Å². The fourth-order valence-electron chi connectivity index (χ4n) is 1.70. The van der Waals surface area contributed by atoms with Crippen molar-refractivity contribution in [3.05, 3.63) is 56.7 Å². The van der Waals surface area contributed by atoms with Gasteiger partial charge in [0.1, 0.15) is 10.8 Å². The summed E-state index contributed by atoms with van der Waals surface area (Å²) in [7, 11) is 0. The van der Waals surface area contributed by atoms with Crippen LogP contribution in [0, 0.1) is 0 Å². The van der Waals surface area contributed by atoms with Crippen molar-refractivity contribution in [2.45, 2.75) is 31.6 Å². The fraction of sp³-hybridized carbons (Fsp3) is 0.333. The number of hydrogen-bond acceptors (Lipinski definition) is 3. The van der Waals surface area contributed by atoms with Crippen LogP contribution in [0.1, 0.15) is 37.3 Å². The minimum atomic E-state index is -1.12. The highest BCUT2D eigenvalue weighted by molar-refractivity contribution is 9.10. The maximum Gasteiger partial charge on any atom is 0.136 e. The van der Waals surface area contributed by atoms with Crippen LogP contribution in [0.25, 0.3) is 0 Å². The molecule has 0 bridgehead atoms. The monoisotopic (exact) mass is 371 g/mol. The van der Waals surface area contributed by atoms with E-state index >= 15 is 0 Å². The lowest BCUT2D eigenvalue weighted by Crippen LogP contribution is -2.41. The van der Waals surface area contributed by atoms with Crippen LogP contribution >= 0.6 is 27.3 Å². The van der Waals surface area contributed by atoms with Gasteiger partial charge in [-0.2, -0.15) is 0 Å². The molecular weight excluding hydrogens is 354 g/mol. The first kappa shape index (κ1) is 16.0. The van der Waals surface area contributed by atoms with Gasteiger partial charge in [0.2, 0.25) is 0 Å². The Morgan fingerprint density at radius 1 is 1.25 bits per heavy atom. The van der Waals surface area contributed by atoms with Gasteiger partial charge in [-0.3, -0.25) is 0 Å². The predicted octanol–water partition coefficient (Wildman–Crippen LogP) is 4.65. The van der Waals surface area contributed by atoms with E-state index in [9.17, 15) is 4.55 Å². The molecule has 0 aliphatic carbocycles. The van der Waals surface area contributed by atoms with Gasteiger partial charge in [0.25, 0.3) is 0 Å². The number of nitrogens with one attached hydrogen (secondary N) is 1. The molecule has 0 fully saturated rings. The van der Waals surface area contributed by atoms with Gasteiger partial charge in [-0.1, -0.05) is 30.3 Å². The number of thiophene rings is 1. The summed E-state index contributed by atoms with van der Waals surface area (Å²) in [6.07, 6.45) is 0. The molecule has 1 unspecified atom stereocenters. The van der Waals surface area contributed by atoms with Gasteiger partial charge in [-0.05, 0) is 48.3 Å². The smallest absolute Gasteiger partial charge is 0.136 e. The second-order valence-corrected chi connectivity index (χ2v) is 9.37. The van der Waals surface area contributed by atoms with Crippen molar-refractivity contribution < 1.29 is 4.55 Å². The summed E-state index contributed by atoms with van der Waals surface area (Å²) in [5, 5.41) is 2.05. The van der Waals surface area contributed by atoms with E-state index in [1.807, 2.05) is 44.4 Å². The Morgan fingerprint density at radius 2 is 1.90 bits per heavy atom. The van der Waals surface area contributed by atoms with E-state index in [0.717, 1.165) is 14.9 Å². The second-order valence-electron chi connectivity index (χ2n) is 5.51. The van der Waals surface area contributed by atoms with E-state index in [2.05, 4.69) is 38.9 Å². The number of rotatable bonds is 4. The van der Waals surface area contributed by atoms with Gasteiger partial charge in [0.15, 0.2) is 0 Å². The summed E-state index contributed by atoms with van der Waals surface area (Å²) in [6, 6.07) is 12.2. The molecule has 0 aliphatic rings. The zero-order valence-corrected chi connectivity index (χ0v) is 14.9. The third-order valence-electron chi connectivity index (χ3n) is 2.79. The van der Waals surface area contributed by atoms with Crippen LogP contribution in [0.4, 0.5) is 0 Å². The van der Waals surface area contributed by atoms with Crippen LogP contribution in [0.2, 0.25) is 0 Å². The Morgan fingerprint density at radius 3 is 2.40 bits per heavy atom. The lowest BCUT2D eigenvalue weighted by molar-refractivity contribution is 0.536. The molecule has 0 spiro atoms. The third-order valence-corrected chi connectivity index (χ3v) is 6.11. The number of halogens is 1. The molecule has 0 radical (unpaired) electrons. The quantitative estimate of drug-likeness (QED) is 0.793. The third kappa shape index (κ3) is 4.09. The van der Waals surface area contributed by atoms with Gasteiger partial charge < -0.3 is 4.55 Å². The molecule has 108 valence electrons. The molecule has 2 rings (SSSR count). The molecule has 1 aromatic heterocycles. The van der Waals surface area contributed by atoms with Crippen molar-refractivity contribution in [2.75, 3.05) is 0 Å². The van der Waals surface area contributed by atoms with Gasteiger partial charge in [0, 0.05) is 26.1 Å². The molecule has 2 atom stereocenters. The molecule has 2 aromatic rings. The zero-order valence-electron chi connectivity index (χ0n) is 11.7. The molecule has 1 aromatic carbocycles. The topological polar surface area (TPSA) is 35.1 Å². The summed E-state index contributed by atoms with van der Waals surface area (Å²) in [5.41, 5.74) is 1.12. The van der Waals surface area contributed by atoms with E-state index in [1.165, 1.54) is 0 Å².